The zero-order valence-corrected chi connectivity index (χ0v) is 10.3. The lowest BCUT2D eigenvalue weighted by Gasteiger charge is -2.09. The molecule has 2 aromatic rings. The molecule has 0 aliphatic carbocycles. The molecule has 0 aliphatic heterocycles. The van der Waals surface area contributed by atoms with Crippen LogP contribution in [0.4, 0.5) is 0 Å². The summed E-state index contributed by atoms with van der Waals surface area (Å²) >= 11 is 0. The van der Waals surface area contributed by atoms with Crippen LogP contribution in [0.3, 0.4) is 0 Å². The Morgan fingerprint density at radius 2 is 2.06 bits per heavy atom. The van der Waals surface area contributed by atoms with Crippen LogP contribution in [0.15, 0.2) is 18.2 Å². The number of fused-ring (bicyclic) bond motifs is 1. The number of nitrogens with one attached hydrogen (secondary N) is 1. The fourth-order valence-electron chi connectivity index (χ4n) is 2.41. The number of nitrogens with two attached hydrogens (primary N) is 1. The lowest BCUT2D eigenvalue weighted by atomic mass is 10.00. The van der Waals surface area contributed by atoms with Crippen LogP contribution in [-0.2, 0) is 6.42 Å². The van der Waals surface area contributed by atoms with Crippen LogP contribution in [0.25, 0.3) is 10.9 Å². The third-order valence-corrected chi connectivity index (χ3v) is 3.35. The third-order valence-electron chi connectivity index (χ3n) is 3.35. The van der Waals surface area contributed by atoms with Gasteiger partial charge in [0.25, 0.3) is 0 Å². The maximum Gasteiger partial charge on any atom is 0.0491 e. The van der Waals surface area contributed by atoms with Crippen molar-refractivity contribution in [3.63, 3.8) is 0 Å². The zero-order chi connectivity index (χ0) is 11.7. The van der Waals surface area contributed by atoms with Gasteiger partial charge in [-0.25, -0.2) is 0 Å². The summed E-state index contributed by atoms with van der Waals surface area (Å²) in [5.74, 6) is 0. The molecule has 0 bridgehead atoms. The largest absolute Gasteiger partial charge is 0.358 e. The number of hydrogen-bond acceptors (Lipinski definition) is 1. The van der Waals surface area contributed by atoms with Gasteiger partial charge in [0.2, 0.25) is 0 Å². The van der Waals surface area contributed by atoms with Crippen LogP contribution in [0.1, 0.15) is 43.1 Å². The second-order valence-corrected chi connectivity index (χ2v) is 4.37. The third kappa shape index (κ3) is 1.63. The topological polar surface area (TPSA) is 41.8 Å². The van der Waals surface area contributed by atoms with Crippen molar-refractivity contribution in [2.75, 3.05) is 0 Å². The van der Waals surface area contributed by atoms with E-state index in [0.29, 0.717) is 0 Å². The van der Waals surface area contributed by atoms with Gasteiger partial charge in [-0.1, -0.05) is 32.0 Å². The summed E-state index contributed by atoms with van der Waals surface area (Å²) < 4.78 is 0. The molecular weight excluding hydrogens is 196 g/mol. The van der Waals surface area contributed by atoms with Crippen molar-refractivity contribution in [3.8, 4) is 0 Å². The second-order valence-electron chi connectivity index (χ2n) is 4.37. The molecule has 1 aromatic carbocycles. The predicted octanol–water partition coefficient (Wildman–Crippen LogP) is 3.45. The van der Waals surface area contributed by atoms with Crippen LogP contribution in [-0.4, -0.2) is 4.98 Å². The van der Waals surface area contributed by atoms with Crippen LogP contribution < -0.4 is 5.73 Å². The van der Waals surface area contributed by atoms with Crippen LogP contribution in [0.5, 0.6) is 0 Å². The van der Waals surface area contributed by atoms with E-state index in [1.54, 1.807) is 0 Å². The fraction of sp³-hybridized carbons (Fsp3) is 0.429. The highest BCUT2D eigenvalue weighted by Gasteiger charge is 2.14. The molecule has 0 radical (unpaired) electrons. The van der Waals surface area contributed by atoms with Gasteiger partial charge < -0.3 is 10.7 Å². The van der Waals surface area contributed by atoms with Crippen LogP contribution >= 0.6 is 0 Å². The van der Waals surface area contributed by atoms with Crippen molar-refractivity contribution in [2.24, 2.45) is 5.73 Å². The first-order valence-electron chi connectivity index (χ1n) is 6.04. The maximum absolute atomic E-state index is 6.18. The number of rotatable bonds is 3. The number of H-pyrrole nitrogens is 1. The lowest BCUT2D eigenvalue weighted by molar-refractivity contribution is 0.699. The van der Waals surface area contributed by atoms with E-state index in [9.17, 15) is 0 Å². The first-order chi connectivity index (χ1) is 7.69. The van der Waals surface area contributed by atoms with Gasteiger partial charge in [0, 0.05) is 22.6 Å². The normalized spacial score (nSPS) is 13.2. The minimum absolute atomic E-state index is 0.140. The average Bonchev–Trinajstić information content (AvgIpc) is 2.63. The van der Waals surface area contributed by atoms with Gasteiger partial charge in [-0.2, -0.15) is 0 Å². The van der Waals surface area contributed by atoms with Crippen molar-refractivity contribution in [1.82, 2.24) is 4.98 Å². The van der Waals surface area contributed by atoms with Crippen molar-refractivity contribution < 1.29 is 0 Å². The summed E-state index contributed by atoms with van der Waals surface area (Å²) in [6.45, 7) is 6.43. The summed E-state index contributed by atoms with van der Waals surface area (Å²) in [6, 6.07) is 6.61. The molecule has 0 aliphatic rings. The summed E-state index contributed by atoms with van der Waals surface area (Å²) in [5.41, 5.74) is 11.3. The summed E-state index contributed by atoms with van der Waals surface area (Å²) in [4.78, 5) is 3.48. The highest BCUT2D eigenvalue weighted by Crippen LogP contribution is 2.30. The molecule has 1 aromatic heterocycles. The SMILES string of the molecule is CCc1cccc2c(C(N)CC)c(C)[nH]c12. The summed E-state index contributed by atoms with van der Waals surface area (Å²) in [7, 11) is 0. The number of aromatic nitrogens is 1. The van der Waals surface area contributed by atoms with Gasteiger partial charge >= 0.3 is 0 Å². The van der Waals surface area contributed by atoms with Crippen molar-refractivity contribution in [2.45, 2.75) is 39.7 Å². The van der Waals surface area contributed by atoms with E-state index < -0.39 is 0 Å². The molecule has 1 atom stereocenters. The highest BCUT2D eigenvalue weighted by molar-refractivity contribution is 5.87. The molecular formula is C14H20N2. The maximum atomic E-state index is 6.18. The predicted molar refractivity (Wildman–Crippen MR) is 69.6 cm³/mol. The van der Waals surface area contributed by atoms with Gasteiger partial charge in [0.15, 0.2) is 0 Å². The second kappa shape index (κ2) is 4.30. The van der Waals surface area contributed by atoms with Crippen molar-refractivity contribution in [3.05, 3.63) is 35.0 Å². The monoisotopic (exact) mass is 216 g/mol. The number of aryl methyl sites for hydroxylation is 2. The smallest absolute Gasteiger partial charge is 0.0491 e. The Hall–Kier alpha value is -1.28. The van der Waals surface area contributed by atoms with Crippen LogP contribution in [0.2, 0.25) is 0 Å². The van der Waals surface area contributed by atoms with E-state index in [-0.39, 0.29) is 6.04 Å². The highest BCUT2D eigenvalue weighted by atomic mass is 14.7. The standard InChI is InChI=1S/C14H20N2/c1-4-10-7-6-8-11-13(12(15)5-2)9(3)16-14(10)11/h6-8,12,16H,4-5,15H2,1-3H3. The number of para-hydroxylation sites is 1. The van der Waals surface area contributed by atoms with E-state index in [4.69, 9.17) is 5.73 Å². The number of hydrogen-bond donors (Lipinski definition) is 2. The van der Waals surface area contributed by atoms with Crippen molar-refractivity contribution >= 4 is 10.9 Å². The molecule has 3 N–H and O–H groups in total. The molecule has 0 amide bonds. The first-order valence-corrected chi connectivity index (χ1v) is 6.04. The molecule has 2 heteroatoms. The Morgan fingerprint density at radius 1 is 1.31 bits per heavy atom. The molecule has 2 rings (SSSR count). The van der Waals surface area contributed by atoms with E-state index in [0.717, 1.165) is 12.8 Å². The average molecular weight is 216 g/mol. The Kier molecular flexibility index (Phi) is 3.01. The molecule has 2 nitrogen and oxygen atoms in total. The minimum Gasteiger partial charge on any atom is -0.358 e. The molecule has 0 saturated carbocycles. The fourth-order valence-corrected chi connectivity index (χ4v) is 2.41. The van der Waals surface area contributed by atoms with Gasteiger partial charge in [0.05, 0.1) is 0 Å². The van der Waals surface area contributed by atoms with Gasteiger partial charge in [-0.15, -0.1) is 0 Å². The quantitative estimate of drug-likeness (QED) is 0.810. The molecule has 16 heavy (non-hydrogen) atoms. The van der Waals surface area contributed by atoms with E-state index in [2.05, 4.69) is 44.0 Å². The Balaban J connectivity index is 2.71. The minimum atomic E-state index is 0.140. The summed E-state index contributed by atoms with van der Waals surface area (Å²) in [6.07, 6.45) is 2.03. The summed E-state index contributed by atoms with van der Waals surface area (Å²) in [5, 5.41) is 1.30. The van der Waals surface area contributed by atoms with Crippen molar-refractivity contribution in [1.29, 1.82) is 0 Å². The molecule has 86 valence electrons. The molecule has 0 saturated heterocycles. The van der Waals surface area contributed by atoms with E-state index >= 15 is 0 Å². The zero-order valence-electron chi connectivity index (χ0n) is 10.3. The van der Waals surface area contributed by atoms with Gasteiger partial charge in [-0.05, 0) is 30.9 Å². The Labute approximate surface area is 96.9 Å². The first kappa shape index (κ1) is 11.2. The Bertz CT molecular complexity index is 497. The van der Waals surface area contributed by atoms with E-state index in [1.807, 2.05) is 0 Å². The molecule has 1 heterocycles. The van der Waals surface area contributed by atoms with Crippen LogP contribution in [0, 0.1) is 6.92 Å². The lowest BCUT2D eigenvalue weighted by Crippen LogP contribution is -2.09. The number of aromatic amines is 1. The Morgan fingerprint density at radius 3 is 2.69 bits per heavy atom. The van der Waals surface area contributed by atoms with Gasteiger partial charge in [-0.3, -0.25) is 0 Å². The number of benzene rings is 1. The molecule has 0 fully saturated rings. The van der Waals surface area contributed by atoms with E-state index in [1.165, 1.54) is 27.7 Å². The van der Waals surface area contributed by atoms with Gasteiger partial charge in [0.1, 0.15) is 0 Å². The molecule has 0 spiro atoms. The molecule has 1 unspecified atom stereocenters.